The minimum absolute atomic E-state index is 0.152. The molecular weight excluding hydrogens is 122 g/mol. The molecule has 0 aromatic heterocycles. The predicted octanol–water partition coefficient (Wildman–Crippen LogP) is 0.267. The van der Waals surface area contributed by atoms with Crippen molar-refractivity contribution in [3.8, 4) is 0 Å². The molecule has 0 aliphatic carbocycles. The summed E-state index contributed by atoms with van der Waals surface area (Å²) in [5.41, 5.74) is 5.05. The van der Waals surface area contributed by atoms with Crippen molar-refractivity contribution in [2.75, 3.05) is 18.6 Å². The van der Waals surface area contributed by atoms with E-state index in [1.54, 1.807) is 11.8 Å². The van der Waals surface area contributed by atoms with Gasteiger partial charge in [0.15, 0.2) is 0 Å². The van der Waals surface area contributed by atoms with Gasteiger partial charge in [0.25, 0.3) is 0 Å². The minimum Gasteiger partial charge on any atom is -0.324 e. The van der Waals surface area contributed by atoms with Gasteiger partial charge < -0.3 is 5.73 Å². The molecule has 0 aliphatic heterocycles. The lowest BCUT2D eigenvalue weighted by Crippen LogP contribution is -2.13. The molecule has 0 radical (unpaired) electrons. The monoisotopic (exact) mass is 133 g/mol. The molecule has 0 saturated carbocycles. The van der Waals surface area contributed by atoms with E-state index in [1.807, 2.05) is 6.26 Å². The lowest BCUT2D eigenvalue weighted by molar-refractivity contribution is -0.117. The average Bonchev–Trinajstić information content (AvgIpc) is 1.83. The third kappa shape index (κ3) is 4.15. The highest BCUT2D eigenvalue weighted by Crippen LogP contribution is 1.94. The Balaban J connectivity index is 2.99. The third-order valence-electron chi connectivity index (χ3n) is 0.813. The maximum atomic E-state index is 10.4. The van der Waals surface area contributed by atoms with Gasteiger partial charge in [-0.15, -0.1) is 0 Å². The fourth-order valence-corrected chi connectivity index (χ4v) is 0.750. The Bertz CT molecular complexity index is 74.8. The second-order valence-corrected chi connectivity index (χ2v) is 2.47. The summed E-state index contributed by atoms with van der Waals surface area (Å²) in [6.45, 7) is 0.195. The molecule has 8 heavy (non-hydrogen) atoms. The number of hydrogen-bond acceptors (Lipinski definition) is 3. The predicted molar refractivity (Wildman–Crippen MR) is 37.1 cm³/mol. The number of carbonyl (C=O) groups excluding carboxylic acids is 1. The molecule has 2 N–H and O–H groups in total. The first-order valence-electron chi connectivity index (χ1n) is 2.52. The molecule has 0 heterocycles. The highest BCUT2D eigenvalue weighted by molar-refractivity contribution is 7.98. The Labute approximate surface area is 53.8 Å². The Hall–Kier alpha value is -0.0200. The molecule has 0 spiro atoms. The van der Waals surface area contributed by atoms with Crippen molar-refractivity contribution in [3.05, 3.63) is 0 Å². The van der Waals surface area contributed by atoms with Gasteiger partial charge in [0, 0.05) is 6.42 Å². The molecule has 48 valence electrons. The SMILES string of the molecule is CSCCC(=O)CN. The van der Waals surface area contributed by atoms with E-state index in [2.05, 4.69) is 0 Å². The first kappa shape index (κ1) is 7.98. The van der Waals surface area contributed by atoms with Crippen LogP contribution in [0.5, 0.6) is 0 Å². The molecule has 0 saturated heterocycles. The molecule has 3 heteroatoms. The summed E-state index contributed by atoms with van der Waals surface area (Å²) in [5, 5.41) is 0. The number of nitrogens with two attached hydrogens (primary N) is 1. The normalized spacial score (nSPS) is 9.25. The van der Waals surface area contributed by atoms with E-state index in [-0.39, 0.29) is 12.3 Å². The number of carbonyl (C=O) groups is 1. The van der Waals surface area contributed by atoms with Crippen LogP contribution in [0.15, 0.2) is 0 Å². The van der Waals surface area contributed by atoms with Crippen molar-refractivity contribution in [2.45, 2.75) is 6.42 Å². The number of thioether (sulfide) groups is 1. The van der Waals surface area contributed by atoms with Crippen molar-refractivity contribution >= 4 is 17.5 Å². The number of rotatable bonds is 4. The Morgan fingerprint density at radius 2 is 2.38 bits per heavy atom. The smallest absolute Gasteiger partial charge is 0.147 e. The van der Waals surface area contributed by atoms with Gasteiger partial charge in [-0.25, -0.2) is 0 Å². The van der Waals surface area contributed by atoms with Gasteiger partial charge in [0.1, 0.15) is 5.78 Å². The highest BCUT2D eigenvalue weighted by Gasteiger charge is 1.94. The van der Waals surface area contributed by atoms with E-state index >= 15 is 0 Å². The van der Waals surface area contributed by atoms with E-state index < -0.39 is 0 Å². The number of ketones is 1. The van der Waals surface area contributed by atoms with Crippen LogP contribution in [0.25, 0.3) is 0 Å². The van der Waals surface area contributed by atoms with Gasteiger partial charge in [-0.05, 0) is 12.0 Å². The van der Waals surface area contributed by atoms with E-state index in [0.717, 1.165) is 5.75 Å². The molecule has 0 unspecified atom stereocenters. The van der Waals surface area contributed by atoms with Crippen LogP contribution in [-0.2, 0) is 4.79 Å². The Morgan fingerprint density at radius 3 is 2.75 bits per heavy atom. The van der Waals surface area contributed by atoms with Crippen LogP contribution in [-0.4, -0.2) is 24.3 Å². The summed E-state index contributed by atoms with van der Waals surface area (Å²) in [7, 11) is 0. The first-order chi connectivity index (χ1) is 3.81. The summed E-state index contributed by atoms with van der Waals surface area (Å²) < 4.78 is 0. The molecule has 0 aromatic carbocycles. The number of hydrogen-bond donors (Lipinski definition) is 1. The Kier molecular flexibility index (Phi) is 5.11. The molecule has 2 nitrogen and oxygen atoms in total. The van der Waals surface area contributed by atoms with E-state index in [1.165, 1.54) is 0 Å². The molecule has 0 fully saturated rings. The summed E-state index contributed by atoms with van der Waals surface area (Å²) in [4.78, 5) is 10.4. The van der Waals surface area contributed by atoms with Crippen molar-refractivity contribution in [3.63, 3.8) is 0 Å². The average molecular weight is 133 g/mol. The third-order valence-corrected chi connectivity index (χ3v) is 1.43. The van der Waals surface area contributed by atoms with Crippen molar-refractivity contribution < 1.29 is 4.79 Å². The van der Waals surface area contributed by atoms with Crippen molar-refractivity contribution in [1.29, 1.82) is 0 Å². The number of Topliss-reactive ketones (excluding diaryl/α,β-unsaturated/α-hetero) is 1. The van der Waals surface area contributed by atoms with E-state index in [9.17, 15) is 4.79 Å². The Morgan fingerprint density at radius 1 is 1.75 bits per heavy atom. The molecule has 0 atom stereocenters. The minimum atomic E-state index is 0.152. The first-order valence-corrected chi connectivity index (χ1v) is 3.91. The molecule has 0 amide bonds. The van der Waals surface area contributed by atoms with Crippen LogP contribution >= 0.6 is 11.8 Å². The summed E-state index contributed by atoms with van der Waals surface area (Å²) in [6.07, 6.45) is 2.60. The maximum Gasteiger partial charge on any atom is 0.147 e. The molecule has 0 aromatic rings. The zero-order valence-corrected chi connectivity index (χ0v) is 5.83. The van der Waals surface area contributed by atoms with Crippen LogP contribution in [0.1, 0.15) is 6.42 Å². The van der Waals surface area contributed by atoms with Crippen molar-refractivity contribution in [1.82, 2.24) is 0 Å². The lowest BCUT2D eigenvalue weighted by Gasteiger charge is -1.91. The molecule has 0 bridgehead atoms. The fraction of sp³-hybridized carbons (Fsp3) is 0.800. The zero-order valence-electron chi connectivity index (χ0n) is 5.02. The van der Waals surface area contributed by atoms with Crippen LogP contribution in [0.2, 0.25) is 0 Å². The van der Waals surface area contributed by atoms with Gasteiger partial charge in [-0.1, -0.05) is 0 Å². The van der Waals surface area contributed by atoms with Gasteiger partial charge in [0.2, 0.25) is 0 Å². The summed E-state index contributed by atoms with van der Waals surface area (Å²) >= 11 is 1.67. The lowest BCUT2D eigenvalue weighted by atomic mass is 10.3. The van der Waals surface area contributed by atoms with Gasteiger partial charge in [-0.2, -0.15) is 11.8 Å². The van der Waals surface area contributed by atoms with Crippen LogP contribution in [0.4, 0.5) is 0 Å². The topological polar surface area (TPSA) is 43.1 Å². The van der Waals surface area contributed by atoms with Gasteiger partial charge in [-0.3, -0.25) is 4.79 Å². The largest absolute Gasteiger partial charge is 0.324 e. The standard InChI is InChI=1S/C5H11NOS/c1-8-3-2-5(7)4-6/h2-4,6H2,1H3. The van der Waals surface area contributed by atoms with E-state index in [4.69, 9.17) is 5.73 Å². The second kappa shape index (κ2) is 5.12. The van der Waals surface area contributed by atoms with Crippen LogP contribution in [0, 0.1) is 0 Å². The molecular formula is C5H11NOS. The van der Waals surface area contributed by atoms with Crippen LogP contribution in [0.3, 0.4) is 0 Å². The summed E-state index contributed by atoms with van der Waals surface area (Å²) in [6, 6.07) is 0. The maximum absolute atomic E-state index is 10.4. The molecule has 0 aliphatic rings. The van der Waals surface area contributed by atoms with Crippen LogP contribution < -0.4 is 5.73 Å². The highest BCUT2D eigenvalue weighted by atomic mass is 32.2. The fourth-order valence-electron chi connectivity index (χ4n) is 0.318. The van der Waals surface area contributed by atoms with E-state index in [0.29, 0.717) is 6.42 Å². The molecule has 0 rings (SSSR count). The van der Waals surface area contributed by atoms with Gasteiger partial charge in [0.05, 0.1) is 6.54 Å². The van der Waals surface area contributed by atoms with Crippen molar-refractivity contribution in [2.24, 2.45) is 5.73 Å². The summed E-state index contributed by atoms with van der Waals surface area (Å²) in [5.74, 6) is 1.05. The van der Waals surface area contributed by atoms with Gasteiger partial charge >= 0.3 is 0 Å². The zero-order chi connectivity index (χ0) is 6.41. The second-order valence-electron chi connectivity index (χ2n) is 1.49. The quantitative estimate of drug-likeness (QED) is 0.598.